The topological polar surface area (TPSA) is 41.5 Å². The molecular formula is C14H23NO2. The third-order valence-electron chi connectivity index (χ3n) is 2.25. The molecule has 0 bridgehead atoms. The van der Waals surface area contributed by atoms with E-state index in [-0.39, 0.29) is 5.60 Å². The second-order valence-electron chi connectivity index (χ2n) is 5.54. The van der Waals surface area contributed by atoms with Gasteiger partial charge in [0.25, 0.3) is 0 Å². The molecule has 0 spiro atoms. The molecule has 1 rings (SSSR count). The zero-order valence-corrected chi connectivity index (χ0v) is 11.4. The Bertz CT molecular complexity index is 349. The largest absolute Gasteiger partial charge is 0.353 e. The van der Waals surface area contributed by atoms with Crippen LogP contribution in [-0.2, 0) is 11.3 Å². The molecule has 0 amide bonds. The van der Waals surface area contributed by atoms with E-state index < -0.39 is 5.91 Å². The van der Waals surface area contributed by atoms with Gasteiger partial charge in [-0.15, -0.1) is 0 Å². The molecule has 0 fully saturated rings. The van der Waals surface area contributed by atoms with Gasteiger partial charge in [-0.3, -0.25) is 5.32 Å². The van der Waals surface area contributed by atoms with Crippen LogP contribution in [0.4, 0.5) is 0 Å². The minimum Gasteiger partial charge on any atom is -0.353 e. The second-order valence-corrected chi connectivity index (χ2v) is 5.54. The first kappa shape index (κ1) is 14.2. The number of aryl methyl sites for hydroxylation is 1. The molecule has 3 heteroatoms. The zero-order chi connectivity index (χ0) is 13.1. The number of rotatable bonds is 4. The van der Waals surface area contributed by atoms with Gasteiger partial charge in [0.2, 0.25) is 5.91 Å². The number of aliphatic hydroxyl groups is 1. The van der Waals surface area contributed by atoms with Crippen molar-refractivity contribution in [3.63, 3.8) is 0 Å². The van der Waals surface area contributed by atoms with E-state index in [0.29, 0.717) is 6.54 Å². The van der Waals surface area contributed by atoms with Gasteiger partial charge in [0, 0.05) is 13.5 Å². The summed E-state index contributed by atoms with van der Waals surface area (Å²) in [6.45, 7) is 9.98. The minimum atomic E-state index is -1.32. The van der Waals surface area contributed by atoms with Crippen LogP contribution < -0.4 is 5.32 Å². The molecule has 0 aromatic heterocycles. The molecule has 0 aliphatic heterocycles. The van der Waals surface area contributed by atoms with Crippen molar-refractivity contribution < 1.29 is 9.84 Å². The maximum atomic E-state index is 10.0. The van der Waals surface area contributed by atoms with Crippen LogP contribution in [0, 0.1) is 6.92 Å². The standard InChI is InChI=1S/C14H23NO2/c1-11-6-8-12(9-7-11)10-15-14(5,16)17-13(2,3)4/h6-9,15-16H,10H2,1-5H3. The summed E-state index contributed by atoms with van der Waals surface area (Å²) in [5, 5.41) is 13.0. The van der Waals surface area contributed by atoms with Crippen molar-refractivity contribution in [3.05, 3.63) is 35.4 Å². The Labute approximate surface area is 104 Å². The summed E-state index contributed by atoms with van der Waals surface area (Å²) in [6.07, 6.45) is 0. The Morgan fingerprint density at radius 1 is 1.12 bits per heavy atom. The quantitative estimate of drug-likeness (QED) is 0.791. The third kappa shape index (κ3) is 5.82. The Balaban J connectivity index is 2.52. The van der Waals surface area contributed by atoms with Crippen LogP contribution in [0.1, 0.15) is 38.8 Å². The van der Waals surface area contributed by atoms with Gasteiger partial charge in [-0.2, -0.15) is 0 Å². The van der Waals surface area contributed by atoms with E-state index in [2.05, 4.69) is 24.4 Å². The molecule has 0 radical (unpaired) electrons. The predicted octanol–water partition coefficient (Wildman–Crippen LogP) is 2.57. The lowest BCUT2D eigenvalue weighted by molar-refractivity contribution is -0.260. The molecule has 96 valence electrons. The first-order valence-corrected chi connectivity index (χ1v) is 5.91. The van der Waals surface area contributed by atoms with Gasteiger partial charge in [-0.05, 0) is 33.3 Å². The van der Waals surface area contributed by atoms with Gasteiger partial charge in [-0.25, -0.2) is 0 Å². The highest BCUT2D eigenvalue weighted by molar-refractivity contribution is 5.21. The summed E-state index contributed by atoms with van der Waals surface area (Å²) < 4.78 is 5.52. The molecule has 0 saturated carbocycles. The summed E-state index contributed by atoms with van der Waals surface area (Å²) in [6, 6.07) is 8.18. The van der Waals surface area contributed by atoms with E-state index in [4.69, 9.17) is 4.74 Å². The van der Waals surface area contributed by atoms with Gasteiger partial charge in [0.05, 0.1) is 5.60 Å². The second kappa shape index (κ2) is 5.17. The minimum absolute atomic E-state index is 0.385. The first-order chi connectivity index (χ1) is 7.68. The molecule has 1 atom stereocenters. The van der Waals surface area contributed by atoms with E-state index in [9.17, 15) is 5.11 Å². The van der Waals surface area contributed by atoms with E-state index in [1.54, 1.807) is 6.92 Å². The van der Waals surface area contributed by atoms with Crippen molar-refractivity contribution in [1.82, 2.24) is 5.32 Å². The fraction of sp³-hybridized carbons (Fsp3) is 0.571. The van der Waals surface area contributed by atoms with Gasteiger partial charge in [0.1, 0.15) is 0 Å². The highest BCUT2D eigenvalue weighted by Crippen LogP contribution is 2.16. The van der Waals surface area contributed by atoms with Gasteiger partial charge in [0.15, 0.2) is 0 Å². The van der Waals surface area contributed by atoms with Gasteiger partial charge in [-0.1, -0.05) is 29.8 Å². The molecule has 3 nitrogen and oxygen atoms in total. The molecule has 0 heterocycles. The smallest absolute Gasteiger partial charge is 0.222 e. The van der Waals surface area contributed by atoms with Gasteiger partial charge >= 0.3 is 0 Å². The molecule has 17 heavy (non-hydrogen) atoms. The molecule has 2 N–H and O–H groups in total. The van der Waals surface area contributed by atoms with Crippen LogP contribution >= 0.6 is 0 Å². The molecular weight excluding hydrogens is 214 g/mol. The Hall–Kier alpha value is -0.900. The van der Waals surface area contributed by atoms with Crippen LogP contribution in [0.2, 0.25) is 0 Å². The van der Waals surface area contributed by atoms with Crippen molar-refractivity contribution in [1.29, 1.82) is 0 Å². The molecule has 0 saturated heterocycles. The predicted molar refractivity (Wildman–Crippen MR) is 69.5 cm³/mol. The monoisotopic (exact) mass is 237 g/mol. The highest BCUT2D eigenvalue weighted by Gasteiger charge is 2.27. The SMILES string of the molecule is Cc1ccc(CNC(C)(O)OC(C)(C)C)cc1. The Kier molecular flexibility index (Phi) is 4.31. The van der Waals surface area contributed by atoms with E-state index in [1.807, 2.05) is 32.9 Å². The fourth-order valence-electron chi connectivity index (χ4n) is 1.60. The number of hydrogen-bond donors (Lipinski definition) is 2. The molecule has 0 aliphatic carbocycles. The van der Waals surface area contributed by atoms with Crippen molar-refractivity contribution >= 4 is 0 Å². The van der Waals surface area contributed by atoms with Crippen LogP contribution in [0.25, 0.3) is 0 Å². The lowest BCUT2D eigenvalue weighted by Gasteiger charge is -2.32. The summed E-state index contributed by atoms with van der Waals surface area (Å²) in [5.41, 5.74) is 1.96. The van der Waals surface area contributed by atoms with Gasteiger partial charge < -0.3 is 9.84 Å². The van der Waals surface area contributed by atoms with Crippen molar-refractivity contribution in [2.75, 3.05) is 0 Å². The summed E-state index contributed by atoms with van der Waals surface area (Å²) in [7, 11) is 0. The number of ether oxygens (including phenoxy) is 1. The van der Waals surface area contributed by atoms with E-state index in [1.165, 1.54) is 5.56 Å². The maximum Gasteiger partial charge on any atom is 0.222 e. The summed E-state index contributed by atoms with van der Waals surface area (Å²) in [5.74, 6) is -1.32. The Morgan fingerprint density at radius 3 is 2.12 bits per heavy atom. The van der Waals surface area contributed by atoms with Crippen LogP contribution in [0.15, 0.2) is 24.3 Å². The molecule has 1 aromatic carbocycles. The average Bonchev–Trinajstić information content (AvgIpc) is 2.13. The number of benzene rings is 1. The maximum absolute atomic E-state index is 10.0. The molecule has 1 aromatic rings. The average molecular weight is 237 g/mol. The molecule has 1 unspecified atom stereocenters. The normalized spacial score (nSPS) is 15.6. The number of hydrogen-bond acceptors (Lipinski definition) is 3. The highest BCUT2D eigenvalue weighted by atomic mass is 16.7. The summed E-state index contributed by atoms with van der Waals surface area (Å²) >= 11 is 0. The van der Waals surface area contributed by atoms with Crippen LogP contribution in [0.5, 0.6) is 0 Å². The lowest BCUT2D eigenvalue weighted by Crippen LogP contribution is -2.48. The third-order valence-corrected chi connectivity index (χ3v) is 2.25. The van der Waals surface area contributed by atoms with E-state index in [0.717, 1.165) is 5.56 Å². The number of nitrogens with one attached hydrogen (secondary N) is 1. The fourth-order valence-corrected chi connectivity index (χ4v) is 1.60. The zero-order valence-electron chi connectivity index (χ0n) is 11.4. The Morgan fingerprint density at radius 2 is 1.65 bits per heavy atom. The summed E-state index contributed by atoms with van der Waals surface area (Å²) in [4.78, 5) is 0. The van der Waals surface area contributed by atoms with Crippen LogP contribution in [0.3, 0.4) is 0 Å². The first-order valence-electron chi connectivity index (χ1n) is 5.91. The van der Waals surface area contributed by atoms with Crippen molar-refractivity contribution in [3.8, 4) is 0 Å². The molecule has 0 aliphatic rings. The van der Waals surface area contributed by atoms with Crippen molar-refractivity contribution in [2.24, 2.45) is 0 Å². The van der Waals surface area contributed by atoms with Crippen LogP contribution in [-0.4, -0.2) is 16.6 Å². The lowest BCUT2D eigenvalue weighted by atomic mass is 10.1. The van der Waals surface area contributed by atoms with Crippen molar-refractivity contribution in [2.45, 2.75) is 52.7 Å². The van der Waals surface area contributed by atoms with E-state index >= 15 is 0 Å².